The van der Waals surface area contributed by atoms with Gasteiger partial charge in [-0.1, -0.05) is 6.07 Å². The van der Waals surface area contributed by atoms with Gasteiger partial charge in [-0.15, -0.1) is 0 Å². The van der Waals surface area contributed by atoms with Gasteiger partial charge in [0.25, 0.3) is 10.0 Å². The predicted molar refractivity (Wildman–Crippen MR) is 75.7 cm³/mol. The zero-order valence-electron chi connectivity index (χ0n) is 11.1. The summed E-state index contributed by atoms with van der Waals surface area (Å²) in [6, 6.07) is 6.87. The largest absolute Gasteiger partial charge is 0.306 e. The number of anilines is 1. The number of benzene rings is 2. The minimum absolute atomic E-state index is 0.0108. The first kappa shape index (κ1) is 14.8. The van der Waals surface area contributed by atoms with Gasteiger partial charge in [0.15, 0.2) is 5.52 Å². The Balaban J connectivity index is 2.04. The van der Waals surface area contributed by atoms with Crippen molar-refractivity contribution in [2.24, 2.45) is 0 Å². The average Bonchev–Trinajstić information content (AvgIpc) is 2.96. The van der Waals surface area contributed by atoms with E-state index in [4.69, 9.17) is 0 Å². The Morgan fingerprint density at radius 3 is 2.74 bits per heavy atom. The zero-order valence-corrected chi connectivity index (χ0v) is 11.9. The topological polar surface area (TPSA) is 128 Å². The van der Waals surface area contributed by atoms with Gasteiger partial charge in [-0.2, -0.15) is 4.39 Å². The van der Waals surface area contributed by atoms with Crippen molar-refractivity contribution < 1.29 is 22.4 Å². The van der Waals surface area contributed by atoms with Gasteiger partial charge in [0.2, 0.25) is 5.82 Å². The number of nitro groups is 1. The highest BCUT2D eigenvalue weighted by Gasteiger charge is 2.22. The molecule has 0 fully saturated rings. The van der Waals surface area contributed by atoms with Crippen molar-refractivity contribution in [3.63, 3.8) is 0 Å². The second-order valence-corrected chi connectivity index (χ2v) is 6.07. The van der Waals surface area contributed by atoms with Crippen LogP contribution in [0.1, 0.15) is 0 Å². The van der Waals surface area contributed by atoms with Crippen LogP contribution in [-0.4, -0.2) is 23.7 Å². The molecular formula is C12H7FN4O5S. The number of halogens is 1. The van der Waals surface area contributed by atoms with Crippen molar-refractivity contribution in [2.75, 3.05) is 4.72 Å². The lowest BCUT2D eigenvalue weighted by molar-refractivity contribution is -0.387. The van der Waals surface area contributed by atoms with Gasteiger partial charge in [0, 0.05) is 6.07 Å². The molecule has 9 nitrogen and oxygen atoms in total. The first-order valence-electron chi connectivity index (χ1n) is 6.06. The second-order valence-electron chi connectivity index (χ2n) is 4.42. The Labute approximate surface area is 127 Å². The molecule has 3 aromatic rings. The number of aromatic nitrogens is 2. The number of nitrogens with zero attached hydrogens (tertiary/aromatic N) is 3. The molecule has 1 N–H and O–H groups in total. The first-order valence-corrected chi connectivity index (χ1v) is 7.55. The smallest absolute Gasteiger partial charge is 0.279 e. The van der Waals surface area contributed by atoms with Gasteiger partial charge in [0.05, 0.1) is 10.6 Å². The van der Waals surface area contributed by atoms with Crippen LogP contribution in [0.4, 0.5) is 15.8 Å². The molecule has 0 radical (unpaired) electrons. The Morgan fingerprint density at radius 2 is 2.00 bits per heavy atom. The van der Waals surface area contributed by atoms with E-state index in [0.29, 0.717) is 0 Å². The van der Waals surface area contributed by atoms with E-state index < -0.39 is 26.5 Å². The molecule has 0 amide bonds. The fourth-order valence-corrected chi connectivity index (χ4v) is 3.13. The van der Waals surface area contributed by atoms with Gasteiger partial charge in [-0.3, -0.25) is 14.8 Å². The molecule has 0 spiro atoms. The molecular weight excluding hydrogens is 331 g/mol. The maximum atomic E-state index is 13.3. The third-order valence-corrected chi connectivity index (χ3v) is 4.35. The van der Waals surface area contributed by atoms with Crippen LogP contribution >= 0.6 is 0 Å². The third kappa shape index (κ3) is 2.68. The minimum atomic E-state index is -4.12. The maximum Gasteiger partial charge on any atom is 0.306 e. The van der Waals surface area contributed by atoms with E-state index >= 15 is 0 Å². The number of sulfonamides is 1. The van der Waals surface area contributed by atoms with Crippen LogP contribution in [0.5, 0.6) is 0 Å². The molecule has 1 aromatic heterocycles. The van der Waals surface area contributed by atoms with E-state index in [1.165, 1.54) is 18.2 Å². The molecule has 1 heterocycles. The van der Waals surface area contributed by atoms with Crippen LogP contribution in [0, 0.1) is 15.9 Å². The van der Waals surface area contributed by atoms with E-state index in [9.17, 15) is 22.9 Å². The van der Waals surface area contributed by atoms with Gasteiger partial charge < -0.3 is 0 Å². The molecule has 0 saturated carbocycles. The van der Waals surface area contributed by atoms with Crippen molar-refractivity contribution in [1.82, 2.24) is 10.3 Å². The van der Waals surface area contributed by atoms with Crippen molar-refractivity contribution >= 4 is 32.4 Å². The van der Waals surface area contributed by atoms with Crippen molar-refractivity contribution in [2.45, 2.75) is 4.90 Å². The van der Waals surface area contributed by atoms with Crippen LogP contribution in [0.25, 0.3) is 11.0 Å². The standard InChI is InChI=1S/C12H7FN4O5S/c13-8-5-4-7(6-10(8)17(18)19)16-23(20,21)11-3-1-2-9-12(11)15-22-14-9/h1-6,16H. The van der Waals surface area contributed by atoms with Crippen molar-refractivity contribution in [3.05, 3.63) is 52.3 Å². The molecule has 0 aliphatic carbocycles. The van der Waals surface area contributed by atoms with Crippen molar-refractivity contribution in [3.8, 4) is 0 Å². The van der Waals surface area contributed by atoms with Crippen molar-refractivity contribution in [1.29, 1.82) is 0 Å². The normalized spacial score (nSPS) is 11.5. The minimum Gasteiger partial charge on any atom is -0.279 e. The van der Waals surface area contributed by atoms with Gasteiger partial charge in [-0.25, -0.2) is 13.0 Å². The SMILES string of the molecule is O=[N+]([O-])c1cc(NS(=O)(=O)c2cccc3nonc23)ccc1F. The molecule has 0 aliphatic heterocycles. The average molecular weight is 338 g/mol. The fraction of sp³-hybridized carbons (Fsp3) is 0. The molecule has 0 unspecified atom stereocenters. The number of hydrogen-bond acceptors (Lipinski definition) is 7. The van der Waals surface area contributed by atoms with Crippen LogP contribution in [-0.2, 0) is 10.0 Å². The first-order chi connectivity index (χ1) is 10.9. The molecule has 118 valence electrons. The highest BCUT2D eigenvalue weighted by atomic mass is 32.2. The third-order valence-electron chi connectivity index (χ3n) is 2.93. The Bertz CT molecular complexity index is 1020. The Kier molecular flexibility index (Phi) is 3.41. The summed E-state index contributed by atoms with van der Waals surface area (Å²) in [5.74, 6) is -1.07. The summed E-state index contributed by atoms with van der Waals surface area (Å²) in [4.78, 5) is 9.54. The lowest BCUT2D eigenvalue weighted by atomic mass is 10.3. The molecule has 0 saturated heterocycles. The molecule has 23 heavy (non-hydrogen) atoms. The van der Waals surface area contributed by atoms with Crippen LogP contribution in [0.2, 0.25) is 0 Å². The number of nitrogens with one attached hydrogen (secondary N) is 1. The quantitative estimate of drug-likeness (QED) is 0.569. The highest BCUT2D eigenvalue weighted by Crippen LogP contribution is 2.26. The monoisotopic (exact) mass is 338 g/mol. The summed E-state index contributed by atoms with van der Waals surface area (Å²) < 4.78 is 44.7. The zero-order chi connectivity index (χ0) is 16.6. The van der Waals surface area contributed by atoms with E-state index in [1.807, 2.05) is 0 Å². The molecule has 3 rings (SSSR count). The molecule has 2 aromatic carbocycles. The summed E-state index contributed by atoms with van der Waals surface area (Å²) in [7, 11) is -4.12. The highest BCUT2D eigenvalue weighted by molar-refractivity contribution is 7.93. The summed E-state index contributed by atoms with van der Waals surface area (Å²) in [6.45, 7) is 0. The van der Waals surface area contributed by atoms with Gasteiger partial charge in [-0.05, 0) is 34.6 Å². The summed E-state index contributed by atoms with van der Waals surface area (Å²) in [5, 5.41) is 17.8. The molecule has 11 heteroatoms. The summed E-state index contributed by atoms with van der Waals surface area (Å²) >= 11 is 0. The lowest BCUT2D eigenvalue weighted by Gasteiger charge is -2.08. The van der Waals surface area contributed by atoms with Gasteiger partial charge >= 0.3 is 5.69 Å². The number of rotatable bonds is 4. The predicted octanol–water partition coefficient (Wildman–Crippen LogP) is 2.07. The molecule has 0 atom stereocenters. The van der Waals surface area contributed by atoms with Crippen LogP contribution in [0.3, 0.4) is 0 Å². The van der Waals surface area contributed by atoms with E-state index in [2.05, 4.69) is 19.7 Å². The van der Waals surface area contributed by atoms with E-state index in [0.717, 1.165) is 18.2 Å². The van der Waals surface area contributed by atoms with E-state index in [1.54, 1.807) is 0 Å². The number of fused-ring (bicyclic) bond motifs is 1. The Hall–Kier alpha value is -3.08. The summed E-state index contributed by atoms with van der Waals surface area (Å²) in [6.07, 6.45) is 0. The maximum absolute atomic E-state index is 13.3. The van der Waals surface area contributed by atoms with Gasteiger partial charge in [0.1, 0.15) is 10.4 Å². The van der Waals surface area contributed by atoms with Crippen LogP contribution in [0.15, 0.2) is 45.9 Å². The van der Waals surface area contributed by atoms with E-state index in [-0.39, 0.29) is 21.6 Å². The number of nitro benzene ring substituents is 1. The molecule has 0 bridgehead atoms. The fourth-order valence-electron chi connectivity index (χ4n) is 1.92. The Morgan fingerprint density at radius 1 is 1.22 bits per heavy atom. The lowest BCUT2D eigenvalue weighted by Crippen LogP contribution is -2.13. The number of hydrogen-bond donors (Lipinski definition) is 1. The molecule has 0 aliphatic rings. The summed E-state index contributed by atoms with van der Waals surface area (Å²) in [5.41, 5.74) is -0.757. The van der Waals surface area contributed by atoms with Crippen LogP contribution < -0.4 is 4.72 Å². The second kappa shape index (κ2) is 5.28.